The second-order valence-corrected chi connectivity index (χ2v) is 4.23. The van der Waals surface area contributed by atoms with Crippen molar-refractivity contribution in [3.05, 3.63) is 17.4 Å². The van der Waals surface area contributed by atoms with Crippen molar-refractivity contribution in [3.63, 3.8) is 0 Å². The van der Waals surface area contributed by atoms with Crippen LogP contribution in [0.2, 0.25) is 0 Å². The fourth-order valence-electron chi connectivity index (χ4n) is 1.28. The summed E-state index contributed by atoms with van der Waals surface area (Å²) in [5.74, 6) is 1.28. The lowest BCUT2D eigenvalue weighted by Gasteiger charge is -2.00. The quantitative estimate of drug-likeness (QED) is 0.749. The van der Waals surface area contributed by atoms with Crippen molar-refractivity contribution in [2.45, 2.75) is 33.6 Å². The van der Waals surface area contributed by atoms with Gasteiger partial charge in [-0.2, -0.15) is 0 Å². The molecule has 0 fully saturated rings. The van der Waals surface area contributed by atoms with Crippen LogP contribution in [0, 0.1) is 11.3 Å². The molecule has 0 unspecified atom stereocenters. The van der Waals surface area contributed by atoms with Gasteiger partial charge in [0.25, 0.3) is 0 Å². The van der Waals surface area contributed by atoms with Crippen molar-refractivity contribution in [1.29, 1.82) is 5.41 Å². The second kappa shape index (κ2) is 4.91. The van der Waals surface area contributed by atoms with Crippen molar-refractivity contribution in [2.75, 3.05) is 0 Å². The number of furan rings is 1. The van der Waals surface area contributed by atoms with Gasteiger partial charge in [0.2, 0.25) is 5.88 Å². The summed E-state index contributed by atoms with van der Waals surface area (Å²) in [6.45, 7) is 8.27. The van der Waals surface area contributed by atoms with Crippen LogP contribution in [0.1, 0.15) is 44.7 Å². The first-order valence-corrected chi connectivity index (χ1v) is 5.22. The second-order valence-electron chi connectivity index (χ2n) is 4.23. The molecule has 1 rings (SSSR count). The summed E-state index contributed by atoms with van der Waals surface area (Å²) >= 11 is 0. The van der Waals surface area contributed by atoms with Crippen LogP contribution in [-0.2, 0) is 0 Å². The van der Waals surface area contributed by atoms with E-state index in [9.17, 15) is 0 Å². The van der Waals surface area contributed by atoms with Crippen molar-refractivity contribution in [3.8, 4) is 0 Å². The van der Waals surface area contributed by atoms with Gasteiger partial charge < -0.3 is 9.83 Å². The van der Waals surface area contributed by atoms with Crippen LogP contribution in [0.15, 0.2) is 15.7 Å². The molecule has 0 radical (unpaired) electrons. The molecule has 15 heavy (non-hydrogen) atoms. The van der Waals surface area contributed by atoms with Crippen LogP contribution in [0.4, 0.5) is 5.88 Å². The zero-order valence-corrected chi connectivity index (χ0v) is 9.74. The first-order valence-electron chi connectivity index (χ1n) is 5.22. The highest BCUT2D eigenvalue weighted by molar-refractivity contribution is 5.86. The minimum atomic E-state index is 0.355. The van der Waals surface area contributed by atoms with Crippen LogP contribution in [0.5, 0.6) is 0 Å². The Morgan fingerprint density at radius 2 is 2.00 bits per heavy atom. The van der Waals surface area contributed by atoms with E-state index in [1.165, 1.54) is 6.21 Å². The van der Waals surface area contributed by atoms with Gasteiger partial charge in [-0.3, -0.25) is 0 Å². The highest BCUT2D eigenvalue weighted by Crippen LogP contribution is 2.28. The molecule has 0 aliphatic rings. The molecule has 1 aromatic rings. The summed E-state index contributed by atoms with van der Waals surface area (Å²) < 4.78 is 5.35. The van der Waals surface area contributed by atoms with Gasteiger partial charge in [0.05, 0.1) is 11.8 Å². The predicted molar refractivity (Wildman–Crippen MR) is 63.7 cm³/mol. The summed E-state index contributed by atoms with van der Waals surface area (Å²) in [5.41, 5.74) is 1.84. The monoisotopic (exact) mass is 206 g/mol. The molecule has 0 aromatic carbocycles. The maximum atomic E-state index is 7.36. The number of nitrogens with one attached hydrogen (secondary N) is 1. The van der Waals surface area contributed by atoms with E-state index in [0.29, 0.717) is 17.7 Å². The van der Waals surface area contributed by atoms with E-state index in [1.54, 1.807) is 6.26 Å². The molecule has 0 aliphatic heterocycles. The number of nitrogens with zero attached hydrogens (tertiary/aromatic N) is 1. The Morgan fingerprint density at radius 1 is 1.33 bits per heavy atom. The Morgan fingerprint density at radius 3 is 2.47 bits per heavy atom. The van der Waals surface area contributed by atoms with E-state index in [4.69, 9.17) is 9.83 Å². The molecule has 1 N–H and O–H groups in total. The van der Waals surface area contributed by atoms with Gasteiger partial charge in [0, 0.05) is 18.0 Å². The summed E-state index contributed by atoms with van der Waals surface area (Å²) in [5, 5.41) is 7.36. The smallest absolute Gasteiger partial charge is 0.227 e. The lowest BCUT2D eigenvalue weighted by molar-refractivity contribution is 0.571. The molecule has 0 bridgehead atoms. The third kappa shape index (κ3) is 2.78. The van der Waals surface area contributed by atoms with Crippen LogP contribution >= 0.6 is 0 Å². The maximum Gasteiger partial charge on any atom is 0.227 e. The minimum absolute atomic E-state index is 0.355. The van der Waals surface area contributed by atoms with Crippen LogP contribution in [0.3, 0.4) is 0 Å². The van der Waals surface area contributed by atoms with Crippen LogP contribution < -0.4 is 0 Å². The molecular formula is C12H18N2O. The fourth-order valence-corrected chi connectivity index (χ4v) is 1.28. The molecule has 0 amide bonds. The third-order valence-electron chi connectivity index (χ3n) is 2.10. The van der Waals surface area contributed by atoms with Crippen molar-refractivity contribution in [1.82, 2.24) is 0 Å². The van der Waals surface area contributed by atoms with Crippen molar-refractivity contribution >= 4 is 18.3 Å². The molecule has 1 heterocycles. The van der Waals surface area contributed by atoms with Crippen molar-refractivity contribution in [2.24, 2.45) is 10.9 Å². The summed E-state index contributed by atoms with van der Waals surface area (Å²) in [6, 6.07) is 0. The normalized spacial score (nSPS) is 11.9. The zero-order chi connectivity index (χ0) is 11.4. The first kappa shape index (κ1) is 11.7. The van der Waals surface area contributed by atoms with Crippen molar-refractivity contribution < 1.29 is 4.42 Å². The summed E-state index contributed by atoms with van der Waals surface area (Å²) in [4.78, 5) is 4.24. The van der Waals surface area contributed by atoms with E-state index in [0.717, 1.165) is 11.1 Å². The lowest BCUT2D eigenvalue weighted by atomic mass is 10.0. The van der Waals surface area contributed by atoms with E-state index < -0.39 is 0 Å². The molecular weight excluding hydrogens is 188 g/mol. The SMILES string of the molecule is CC(C)/C=N\c1occ(C(C)C)c1C=N. The van der Waals surface area contributed by atoms with Gasteiger partial charge in [-0.1, -0.05) is 27.7 Å². The molecule has 3 nitrogen and oxygen atoms in total. The lowest BCUT2D eigenvalue weighted by Crippen LogP contribution is -1.90. The number of rotatable bonds is 4. The Kier molecular flexibility index (Phi) is 3.83. The molecule has 0 saturated carbocycles. The minimum Gasteiger partial charge on any atom is -0.446 e. The zero-order valence-electron chi connectivity index (χ0n) is 9.74. The van der Waals surface area contributed by atoms with Crippen LogP contribution in [-0.4, -0.2) is 12.4 Å². The maximum absolute atomic E-state index is 7.36. The Hall–Kier alpha value is -1.38. The van der Waals surface area contributed by atoms with E-state index >= 15 is 0 Å². The average molecular weight is 206 g/mol. The van der Waals surface area contributed by atoms with Gasteiger partial charge in [-0.25, -0.2) is 4.99 Å². The standard InChI is InChI=1S/C12H18N2O/c1-8(2)6-14-12-10(5-13)11(7-15-12)9(3)4/h5-9,13H,1-4H3/b13-5?,14-6-. The molecule has 0 atom stereocenters. The van der Waals surface area contributed by atoms with Gasteiger partial charge in [-0.15, -0.1) is 0 Å². The Labute approximate surface area is 90.7 Å². The molecule has 3 heteroatoms. The highest BCUT2D eigenvalue weighted by atomic mass is 16.3. The largest absolute Gasteiger partial charge is 0.446 e. The molecule has 0 aliphatic carbocycles. The molecule has 82 valence electrons. The first-order chi connectivity index (χ1) is 7.06. The Bertz CT molecular complexity index is 362. The molecule has 0 spiro atoms. The number of aliphatic imine (C=N–C) groups is 1. The number of hydrogen-bond acceptors (Lipinski definition) is 3. The Balaban J connectivity index is 3.04. The van der Waals surface area contributed by atoms with E-state index in [2.05, 4.69) is 32.7 Å². The van der Waals surface area contributed by atoms with E-state index in [-0.39, 0.29) is 0 Å². The summed E-state index contributed by atoms with van der Waals surface area (Å²) in [6.07, 6.45) is 4.83. The number of hydrogen-bond donors (Lipinski definition) is 1. The summed E-state index contributed by atoms with van der Waals surface area (Å²) in [7, 11) is 0. The van der Waals surface area contributed by atoms with Gasteiger partial charge in [0.15, 0.2) is 0 Å². The average Bonchev–Trinajstić information content (AvgIpc) is 2.57. The van der Waals surface area contributed by atoms with Crippen LogP contribution in [0.25, 0.3) is 0 Å². The van der Waals surface area contributed by atoms with Gasteiger partial charge in [-0.05, 0) is 11.8 Å². The van der Waals surface area contributed by atoms with Gasteiger partial charge >= 0.3 is 0 Å². The molecule has 1 aromatic heterocycles. The van der Waals surface area contributed by atoms with Gasteiger partial charge in [0.1, 0.15) is 0 Å². The fraction of sp³-hybridized carbons (Fsp3) is 0.500. The highest BCUT2D eigenvalue weighted by Gasteiger charge is 2.13. The molecule has 0 saturated heterocycles. The van der Waals surface area contributed by atoms with E-state index in [1.807, 2.05) is 6.21 Å². The predicted octanol–water partition coefficient (Wildman–Crippen LogP) is 3.76. The topological polar surface area (TPSA) is 49.4 Å². The third-order valence-corrected chi connectivity index (χ3v) is 2.10.